The Balaban J connectivity index is 1.92. The molecule has 5 heteroatoms. The van der Waals surface area contributed by atoms with Crippen LogP contribution in [-0.2, 0) is 9.47 Å². The molecule has 3 rings (SSSR count). The molecule has 2 N–H and O–H groups in total. The predicted molar refractivity (Wildman–Crippen MR) is 91.3 cm³/mol. The molecular weight excluding hydrogens is 304 g/mol. The Labute approximate surface area is 140 Å². The lowest BCUT2D eigenvalue weighted by atomic mass is 10.0. The summed E-state index contributed by atoms with van der Waals surface area (Å²) in [6.45, 7) is 0. The second-order valence-corrected chi connectivity index (χ2v) is 5.36. The van der Waals surface area contributed by atoms with Crippen molar-refractivity contribution in [3.63, 3.8) is 0 Å². The van der Waals surface area contributed by atoms with E-state index in [0.29, 0.717) is 17.6 Å². The van der Waals surface area contributed by atoms with Gasteiger partial charge in [-0.15, -0.1) is 0 Å². The summed E-state index contributed by atoms with van der Waals surface area (Å²) in [5, 5.41) is 0. The minimum atomic E-state index is -0.374. The fraction of sp³-hybridized carbons (Fsp3) is 0.158. The van der Waals surface area contributed by atoms with Crippen molar-refractivity contribution in [2.24, 2.45) is 10.7 Å². The first-order valence-electron chi connectivity index (χ1n) is 7.61. The highest BCUT2D eigenvalue weighted by Gasteiger charge is 2.32. The summed E-state index contributed by atoms with van der Waals surface area (Å²) in [5.74, 6) is 0.0609. The lowest BCUT2D eigenvalue weighted by Gasteiger charge is -2.09. The van der Waals surface area contributed by atoms with Crippen LogP contribution >= 0.6 is 0 Å². The van der Waals surface area contributed by atoms with Crippen LogP contribution in [0.5, 0.6) is 0 Å². The molecule has 1 aliphatic rings. The summed E-state index contributed by atoms with van der Waals surface area (Å²) >= 11 is 0. The van der Waals surface area contributed by atoms with E-state index in [9.17, 15) is 4.79 Å². The maximum atomic E-state index is 12.3. The maximum Gasteiger partial charge on any atom is 0.280 e. The van der Waals surface area contributed by atoms with Crippen LogP contribution in [0.25, 0.3) is 0 Å². The molecule has 0 aromatic heterocycles. The molecule has 1 fully saturated rings. The van der Waals surface area contributed by atoms with Crippen LogP contribution in [0.4, 0.5) is 0 Å². The molecular formula is C19H18N2O3. The molecule has 0 saturated carbocycles. The highest BCUT2D eigenvalue weighted by molar-refractivity contribution is 6.07. The summed E-state index contributed by atoms with van der Waals surface area (Å²) in [4.78, 5) is 16.4. The lowest BCUT2D eigenvalue weighted by Crippen LogP contribution is -2.11. The zero-order valence-electron chi connectivity index (χ0n) is 13.3. The quantitative estimate of drug-likeness (QED) is 0.881. The maximum absolute atomic E-state index is 12.3. The van der Waals surface area contributed by atoms with E-state index in [1.165, 1.54) is 7.11 Å². The van der Waals surface area contributed by atoms with Crippen LogP contribution in [0.2, 0.25) is 0 Å². The number of carbonyl (C=O) groups is 1. The van der Waals surface area contributed by atoms with Crippen molar-refractivity contribution in [2.75, 3.05) is 7.11 Å². The summed E-state index contributed by atoms with van der Waals surface area (Å²) in [5.41, 5.74) is 8.00. The van der Waals surface area contributed by atoms with E-state index in [-0.39, 0.29) is 23.8 Å². The number of benzene rings is 2. The van der Waals surface area contributed by atoms with Gasteiger partial charge < -0.3 is 15.2 Å². The van der Waals surface area contributed by atoms with Gasteiger partial charge in [-0.3, -0.25) is 4.79 Å². The summed E-state index contributed by atoms with van der Waals surface area (Å²) in [6.07, 6.45) is 0.266. The standard InChI is InChI=1S/C19H18N2O3/c1-23-17(20)15-12-16(13-8-4-2-5-9-13)24-19(15)21-18(22)14-10-6-3-7-11-14/h2-11,16H,12,20H2,1H3/b17-15+,21-19?. The van der Waals surface area contributed by atoms with E-state index in [4.69, 9.17) is 15.2 Å². The van der Waals surface area contributed by atoms with E-state index in [2.05, 4.69) is 4.99 Å². The van der Waals surface area contributed by atoms with Crippen molar-refractivity contribution in [1.29, 1.82) is 0 Å². The van der Waals surface area contributed by atoms with Gasteiger partial charge in [-0.1, -0.05) is 48.5 Å². The molecule has 0 bridgehead atoms. The van der Waals surface area contributed by atoms with E-state index in [1.54, 1.807) is 24.3 Å². The van der Waals surface area contributed by atoms with Crippen molar-refractivity contribution < 1.29 is 14.3 Å². The van der Waals surface area contributed by atoms with Crippen molar-refractivity contribution in [3.05, 3.63) is 83.2 Å². The number of ether oxygens (including phenoxy) is 2. The van der Waals surface area contributed by atoms with Crippen LogP contribution < -0.4 is 5.73 Å². The van der Waals surface area contributed by atoms with Gasteiger partial charge in [-0.05, 0) is 17.7 Å². The minimum absolute atomic E-state index is 0.216. The summed E-state index contributed by atoms with van der Waals surface area (Å²) < 4.78 is 11.0. The average molecular weight is 322 g/mol. The molecule has 122 valence electrons. The van der Waals surface area contributed by atoms with Gasteiger partial charge in [0, 0.05) is 12.0 Å². The Morgan fingerprint density at radius 1 is 1.12 bits per heavy atom. The number of carbonyl (C=O) groups excluding carboxylic acids is 1. The first kappa shape index (κ1) is 15.8. The van der Waals surface area contributed by atoms with Crippen molar-refractivity contribution in [1.82, 2.24) is 0 Å². The van der Waals surface area contributed by atoms with Gasteiger partial charge in [0.1, 0.15) is 6.10 Å². The molecule has 2 aromatic rings. The van der Waals surface area contributed by atoms with Crippen molar-refractivity contribution in [3.8, 4) is 0 Å². The van der Waals surface area contributed by atoms with E-state index >= 15 is 0 Å². The zero-order chi connectivity index (χ0) is 16.9. The number of rotatable bonds is 3. The zero-order valence-corrected chi connectivity index (χ0v) is 13.3. The minimum Gasteiger partial charge on any atom is -0.482 e. The van der Waals surface area contributed by atoms with Gasteiger partial charge in [0.05, 0.1) is 12.7 Å². The van der Waals surface area contributed by atoms with Gasteiger partial charge in [0.25, 0.3) is 5.91 Å². The van der Waals surface area contributed by atoms with Gasteiger partial charge in [0.15, 0.2) is 5.88 Å². The third kappa shape index (κ3) is 3.30. The predicted octanol–water partition coefficient (Wildman–Crippen LogP) is 3.20. The average Bonchev–Trinajstić information content (AvgIpc) is 3.06. The monoisotopic (exact) mass is 322 g/mol. The molecule has 1 aliphatic heterocycles. The Kier molecular flexibility index (Phi) is 4.61. The number of aliphatic imine (C=N–C) groups is 1. The highest BCUT2D eigenvalue weighted by atomic mass is 16.5. The molecule has 0 spiro atoms. The molecule has 1 atom stereocenters. The molecule has 0 radical (unpaired) electrons. The number of amides is 1. The molecule has 1 saturated heterocycles. The lowest BCUT2D eigenvalue weighted by molar-refractivity contribution is 0.0998. The second-order valence-electron chi connectivity index (χ2n) is 5.36. The third-order valence-electron chi connectivity index (χ3n) is 3.81. The number of nitrogens with zero attached hydrogens (tertiary/aromatic N) is 1. The molecule has 1 unspecified atom stereocenters. The van der Waals surface area contributed by atoms with Gasteiger partial charge >= 0.3 is 0 Å². The van der Waals surface area contributed by atoms with E-state index in [1.807, 2.05) is 36.4 Å². The Morgan fingerprint density at radius 3 is 2.38 bits per heavy atom. The van der Waals surface area contributed by atoms with Gasteiger partial charge in [0.2, 0.25) is 5.90 Å². The van der Waals surface area contributed by atoms with Gasteiger partial charge in [-0.25, -0.2) is 0 Å². The largest absolute Gasteiger partial charge is 0.482 e. The van der Waals surface area contributed by atoms with Crippen LogP contribution in [0.3, 0.4) is 0 Å². The highest BCUT2D eigenvalue weighted by Crippen LogP contribution is 2.34. The van der Waals surface area contributed by atoms with Crippen LogP contribution in [0.15, 0.2) is 77.1 Å². The number of hydrogen-bond acceptors (Lipinski definition) is 4. The Bertz CT molecular complexity index is 783. The van der Waals surface area contributed by atoms with Crippen LogP contribution in [-0.4, -0.2) is 18.9 Å². The van der Waals surface area contributed by atoms with E-state index < -0.39 is 0 Å². The van der Waals surface area contributed by atoms with Crippen LogP contribution in [0, 0.1) is 0 Å². The molecule has 2 aromatic carbocycles. The molecule has 0 aliphatic carbocycles. The number of hydrogen-bond donors (Lipinski definition) is 1. The fourth-order valence-corrected chi connectivity index (χ4v) is 2.53. The van der Waals surface area contributed by atoms with Crippen molar-refractivity contribution >= 4 is 11.8 Å². The molecule has 1 heterocycles. The Hall–Kier alpha value is -3.08. The SMILES string of the molecule is CO/C(N)=C1\CC(c2ccccc2)OC1=NC(=O)c1ccccc1. The molecule has 5 nitrogen and oxygen atoms in total. The van der Waals surface area contributed by atoms with Crippen LogP contribution in [0.1, 0.15) is 28.4 Å². The molecule has 24 heavy (non-hydrogen) atoms. The summed E-state index contributed by atoms with van der Waals surface area (Å²) in [7, 11) is 1.48. The third-order valence-corrected chi connectivity index (χ3v) is 3.81. The first-order valence-corrected chi connectivity index (χ1v) is 7.61. The fourth-order valence-electron chi connectivity index (χ4n) is 2.53. The first-order chi connectivity index (χ1) is 11.7. The van der Waals surface area contributed by atoms with E-state index in [0.717, 1.165) is 5.56 Å². The number of methoxy groups -OCH3 is 1. The smallest absolute Gasteiger partial charge is 0.280 e. The summed E-state index contributed by atoms with van der Waals surface area (Å²) in [6, 6.07) is 18.6. The molecule has 1 amide bonds. The Morgan fingerprint density at radius 2 is 1.75 bits per heavy atom. The normalized spacial score (nSPS) is 20.5. The van der Waals surface area contributed by atoms with Gasteiger partial charge in [-0.2, -0.15) is 4.99 Å². The second kappa shape index (κ2) is 7.00. The topological polar surface area (TPSA) is 73.9 Å². The van der Waals surface area contributed by atoms with Crippen molar-refractivity contribution in [2.45, 2.75) is 12.5 Å². The number of nitrogens with two attached hydrogens (primary N) is 1.